The topological polar surface area (TPSA) is 149 Å². The van der Waals surface area contributed by atoms with Crippen LogP contribution < -0.4 is 5.32 Å². The van der Waals surface area contributed by atoms with Crippen molar-refractivity contribution in [1.82, 2.24) is 5.32 Å². The van der Waals surface area contributed by atoms with Crippen LogP contribution in [0, 0.1) is 0 Å². The van der Waals surface area contributed by atoms with Gasteiger partial charge in [0, 0.05) is 6.42 Å². The summed E-state index contributed by atoms with van der Waals surface area (Å²) in [5.74, 6) is -0.143. The number of aliphatic hydroxyl groups excluding tert-OH is 5. The van der Waals surface area contributed by atoms with Crippen LogP contribution in [-0.2, 0) is 14.3 Å². The molecule has 50 heavy (non-hydrogen) atoms. The van der Waals surface area contributed by atoms with E-state index >= 15 is 0 Å². The van der Waals surface area contributed by atoms with E-state index in [4.69, 9.17) is 9.47 Å². The van der Waals surface area contributed by atoms with Crippen molar-refractivity contribution in [1.29, 1.82) is 0 Å². The Morgan fingerprint density at radius 3 is 1.42 bits per heavy atom. The van der Waals surface area contributed by atoms with Crippen molar-refractivity contribution in [2.24, 2.45) is 0 Å². The fraction of sp³-hybridized carbons (Fsp3) is 0.976. The van der Waals surface area contributed by atoms with Gasteiger partial charge in [-0.05, 0) is 12.8 Å². The second-order valence-electron chi connectivity index (χ2n) is 15.1. The molecule has 1 fully saturated rings. The fourth-order valence-corrected chi connectivity index (χ4v) is 6.98. The molecule has 298 valence electrons. The van der Waals surface area contributed by atoms with E-state index < -0.39 is 49.5 Å². The molecular weight excluding hydrogens is 634 g/mol. The van der Waals surface area contributed by atoms with Crippen LogP contribution in [0.1, 0.15) is 200 Å². The first kappa shape index (κ1) is 47.2. The molecule has 0 aromatic carbocycles. The maximum absolute atomic E-state index is 12.9. The predicted molar refractivity (Wildman–Crippen MR) is 203 cm³/mol. The third-order valence-corrected chi connectivity index (χ3v) is 10.5. The van der Waals surface area contributed by atoms with Gasteiger partial charge in [0.25, 0.3) is 0 Å². The summed E-state index contributed by atoms with van der Waals surface area (Å²) in [7, 11) is 0. The molecular formula is C41H81NO8. The normalized spacial score (nSPS) is 22.1. The largest absolute Gasteiger partial charge is 0.394 e. The number of carbonyl (C=O) groups excluding carboxylic acids is 1. The number of amides is 1. The van der Waals surface area contributed by atoms with E-state index in [1.165, 1.54) is 135 Å². The van der Waals surface area contributed by atoms with Crippen molar-refractivity contribution in [3.05, 3.63) is 0 Å². The molecule has 0 bridgehead atoms. The molecule has 0 aromatic heterocycles. The van der Waals surface area contributed by atoms with Gasteiger partial charge in [-0.15, -0.1) is 0 Å². The number of carbonyl (C=O) groups is 1. The van der Waals surface area contributed by atoms with Gasteiger partial charge in [-0.2, -0.15) is 0 Å². The second kappa shape index (κ2) is 32.8. The second-order valence-corrected chi connectivity index (χ2v) is 15.1. The Morgan fingerprint density at radius 2 is 1.00 bits per heavy atom. The number of hydrogen-bond acceptors (Lipinski definition) is 8. The quantitative estimate of drug-likeness (QED) is 0.0362. The van der Waals surface area contributed by atoms with Crippen molar-refractivity contribution < 1.29 is 39.8 Å². The Bertz CT molecular complexity index is 756. The van der Waals surface area contributed by atoms with Crippen molar-refractivity contribution in [3.63, 3.8) is 0 Å². The number of aliphatic hydroxyl groups is 5. The minimum absolute atomic E-state index is 0.132. The van der Waals surface area contributed by atoms with E-state index in [1.54, 1.807) is 0 Å². The average molecular weight is 716 g/mol. The molecule has 0 aromatic rings. The molecule has 0 saturated carbocycles. The van der Waals surface area contributed by atoms with E-state index in [9.17, 15) is 30.3 Å². The first-order chi connectivity index (χ1) is 24.3. The monoisotopic (exact) mass is 716 g/mol. The molecule has 6 N–H and O–H groups in total. The molecule has 1 aliphatic heterocycles. The molecule has 1 aliphatic rings. The number of rotatable bonds is 35. The highest BCUT2D eigenvalue weighted by Crippen LogP contribution is 2.23. The number of unbranched alkanes of at least 4 members (excludes halogenated alkanes) is 25. The smallest absolute Gasteiger partial charge is 0.220 e. The number of nitrogens with one attached hydrogen (secondary N) is 1. The molecule has 1 rings (SSSR count). The summed E-state index contributed by atoms with van der Waals surface area (Å²) in [5.41, 5.74) is 0. The molecule has 9 heteroatoms. The zero-order valence-corrected chi connectivity index (χ0v) is 32.4. The molecule has 1 heterocycles. The van der Waals surface area contributed by atoms with E-state index in [0.29, 0.717) is 12.8 Å². The predicted octanol–water partition coefficient (Wildman–Crippen LogP) is 8.00. The highest BCUT2D eigenvalue weighted by molar-refractivity contribution is 5.76. The third-order valence-electron chi connectivity index (χ3n) is 10.5. The van der Waals surface area contributed by atoms with Crippen molar-refractivity contribution in [3.8, 4) is 0 Å². The van der Waals surface area contributed by atoms with Gasteiger partial charge in [0.1, 0.15) is 24.4 Å². The number of ether oxygens (including phenoxy) is 2. The van der Waals surface area contributed by atoms with Gasteiger partial charge in [0.05, 0.1) is 25.4 Å². The maximum atomic E-state index is 12.9. The molecule has 0 aliphatic carbocycles. The van der Waals surface area contributed by atoms with Crippen molar-refractivity contribution in [2.45, 2.75) is 243 Å². The van der Waals surface area contributed by atoms with E-state index in [2.05, 4.69) is 19.2 Å². The Kier molecular flexibility index (Phi) is 31.0. The van der Waals surface area contributed by atoms with Gasteiger partial charge in [0.15, 0.2) is 6.29 Å². The summed E-state index contributed by atoms with van der Waals surface area (Å²) in [5, 5.41) is 54.2. The van der Waals surface area contributed by atoms with E-state index in [-0.39, 0.29) is 12.5 Å². The molecule has 7 atom stereocenters. The van der Waals surface area contributed by atoms with Crippen molar-refractivity contribution >= 4 is 5.91 Å². The standard InChI is InChI=1S/C41H81NO8/c1-3-5-7-9-11-13-15-17-18-19-20-22-24-26-28-30-35(44)34(33-49-41-40(48)39(47)38(46)36(32-43)50-41)42-37(45)31-29-27-25-23-21-16-14-12-10-8-6-4-2/h34-36,38-41,43-44,46-48H,3-33H2,1-2H3,(H,42,45). The van der Waals surface area contributed by atoms with Gasteiger partial charge in [-0.25, -0.2) is 0 Å². The molecule has 7 unspecified atom stereocenters. The van der Waals surface area contributed by atoms with Gasteiger partial charge in [0.2, 0.25) is 5.91 Å². The third kappa shape index (κ3) is 23.7. The minimum Gasteiger partial charge on any atom is -0.394 e. The summed E-state index contributed by atoms with van der Waals surface area (Å²) >= 11 is 0. The lowest BCUT2D eigenvalue weighted by Gasteiger charge is -2.40. The Morgan fingerprint density at radius 1 is 0.600 bits per heavy atom. The SMILES string of the molecule is CCCCCCCCCCCCCCCCCC(O)C(COC1OC(CO)C(O)C(O)C1O)NC(=O)CCCCCCCCCCCCCC. The van der Waals surface area contributed by atoms with Crippen LogP contribution >= 0.6 is 0 Å². The van der Waals surface area contributed by atoms with Gasteiger partial charge in [-0.3, -0.25) is 4.79 Å². The molecule has 1 saturated heterocycles. The highest BCUT2D eigenvalue weighted by atomic mass is 16.7. The average Bonchev–Trinajstić information content (AvgIpc) is 3.11. The summed E-state index contributed by atoms with van der Waals surface area (Å²) in [6, 6.07) is -0.709. The van der Waals surface area contributed by atoms with Crippen LogP contribution in [-0.4, -0.2) is 87.5 Å². The summed E-state index contributed by atoms with van der Waals surface area (Å²) < 4.78 is 11.2. The minimum atomic E-state index is -1.55. The molecule has 9 nitrogen and oxygen atoms in total. The first-order valence-electron chi connectivity index (χ1n) is 21.2. The summed E-state index contributed by atoms with van der Waals surface area (Å²) in [4.78, 5) is 12.9. The zero-order valence-electron chi connectivity index (χ0n) is 32.4. The maximum Gasteiger partial charge on any atom is 0.220 e. The van der Waals surface area contributed by atoms with Gasteiger partial charge >= 0.3 is 0 Å². The first-order valence-corrected chi connectivity index (χ1v) is 21.2. The summed E-state index contributed by atoms with van der Waals surface area (Å²) in [6.45, 7) is 3.83. The zero-order chi connectivity index (χ0) is 36.7. The Labute approximate surface area is 306 Å². The van der Waals surface area contributed by atoms with Crippen molar-refractivity contribution in [2.75, 3.05) is 13.2 Å². The van der Waals surface area contributed by atoms with Crippen LogP contribution in [0.15, 0.2) is 0 Å². The van der Waals surface area contributed by atoms with Crippen LogP contribution in [0.2, 0.25) is 0 Å². The number of hydrogen-bond donors (Lipinski definition) is 6. The van der Waals surface area contributed by atoms with Crippen LogP contribution in [0.5, 0.6) is 0 Å². The fourth-order valence-electron chi connectivity index (χ4n) is 6.98. The van der Waals surface area contributed by atoms with E-state index in [1.807, 2.05) is 0 Å². The van der Waals surface area contributed by atoms with Crippen LogP contribution in [0.4, 0.5) is 0 Å². The molecule has 0 radical (unpaired) electrons. The molecule has 0 spiro atoms. The van der Waals surface area contributed by atoms with Gasteiger partial charge in [-0.1, -0.05) is 181 Å². The van der Waals surface area contributed by atoms with Crippen LogP contribution in [0.25, 0.3) is 0 Å². The van der Waals surface area contributed by atoms with E-state index in [0.717, 1.165) is 38.5 Å². The molecule has 1 amide bonds. The van der Waals surface area contributed by atoms with Crippen LogP contribution in [0.3, 0.4) is 0 Å². The highest BCUT2D eigenvalue weighted by Gasteiger charge is 2.44. The lowest BCUT2D eigenvalue weighted by Crippen LogP contribution is -2.60. The Hall–Kier alpha value is -0.810. The van der Waals surface area contributed by atoms with Gasteiger partial charge < -0.3 is 40.3 Å². The Balaban J connectivity index is 2.36. The summed E-state index contributed by atoms with van der Waals surface area (Å²) in [6.07, 6.45) is 26.7. The lowest BCUT2D eigenvalue weighted by molar-refractivity contribution is -0.302. The lowest BCUT2D eigenvalue weighted by atomic mass is 9.99.